The van der Waals surface area contributed by atoms with Crippen LogP contribution in [0, 0.1) is 6.92 Å². The first-order valence-electron chi connectivity index (χ1n) is 12.8. The van der Waals surface area contributed by atoms with Crippen molar-refractivity contribution in [3.63, 3.8) is 0 Å². The van der Waals surface area contributed by atoms with E-state index < -0.39 is 0 Å². The van der Waals surface area contributed by atoms with E-state index in [1.807, 2.05) is 0 Å². The van der Waals surface area contributed by atoms with Gasteiger partial charge in [-0.05, 0) is 80.3 Å². The fourth-order valence-corrected chi connectivity index (χ4v) is 5.43. The summed E-state index contributed by atoms with van der Waals surface area (Å²) in [5, 5.41) is 3.76. The third kappa shape index (κ3) is 5.89. The SMILES string of the molecule is Cc1ccccc1C1CCc2cc(OC3CCC(NCCN4CCOCC4)CC3)ccc2O1. The van der Waals surface area contributed by atoms with Crippen LogP contribution in [0.1, 0.15) is 54.9 Å². The normalized spacial score (nSPS) is 25.8. The van der Waals surface area contributed by atoms with Crippen molar-refractivity contribution in [1.82, 2.24) is 10.2 Å². The predicted octanol–water partition coefficient (Wildman–Crippen LogP) is 4.67. The van der Waals surface area contributed by atoms with Gasteiger partial charge >= 0.3 is 0 Å². The number of aryl methyl sites for hydroxylation is 2. The fraction of sp³-hybridized carbons (Fsp3) is 0.571. The molecule has 178 valence electrons. The highest BCUT2D eigenvalue weighted by Crippen LogP contribution is 2.38. The lowest BCUT2D eigenvalue weighted by Gasteiger charge is -2.32. The lowest BCUT2D eigenvalue weighted by Crippen LogP contribution is -2.43. The molecule has 0 amide bonds. The van der Waals surface area contributed by atoms with Crippen molar-refractivity contribution in [2.45, 2.75) is 63.7 Å². The van der Waals surface area contributed by atoms with Gasteiger partial charge in [0.25, 0.3) is 0 Å². The van der Waals surface area contributed by atoms with Gasteiger partial charge in [0.15, 0.2) is 0 Å². The highest BCUT2D eigenvalue weighted by molar-refractivity contribution is 5.43. The monoisotopic (exact) mass is 450 g/mol. The molecule has 2 fully saturated rings. The maximum atomic E-state index is 6.39. The second-order valence-electron chi connectivity index (χ2n) is 9.77. The van der Waals surface area contributed by atoms with Gasteiger partial charge in [-0.3, -0.25) is 4.90 Å². The van der Waals surface area contributed by atoms with Crippen molar-refractivity contribution < 1.29 is 14.2 Å². The van der Waals surface area contributed by atoms with Crippen LogP contribution in [0.2, 0.25) is 0 Å². The summed E-state index contributed by atoms with van der Waals surface area (Å²) >= 11 is 0. The maximum absolute atomic E-state index is 6.39. The quantitative estimate of drug-likeness (QED) is 0.664. The lowest BCUT2D eigenvalue weighted by molar-refractivity contribution is 0.0377. The minimum absolute atomic E-state index is 0.150. The largest absolute Gasteiger partial charge is 0.490 e. The van der Waals surface area contributed by atoms with Crippen LogP contribution in [0.15, 0.2) is 42.5 Å². The molecule has 0 radical (unpaired) electrons. The van der Waals surface area contributed by atoms with Gasteiger partial charge in [0.1, 0.15) is 17.6 Å². The van der Waals surface area contributed by atoms with E-state index in [1.54, 1.807) is 0 Å². The molecule has 1 aliphatic carbocycles. The van der Waals surface area contributed by atoms with Crippen molar-refractivity contribution in [2.24, 2.45) is 0 Å². The van der Waals surface area contributed by atoms with Crippen LogP contribution in [0.5, 0.6) is 11.5 Å². The van der Waals surface area contributed by atoms with E-state index in [-0.39, 0.29) is 6.10 Å². The molecule has 33 heavy (non-hydrogen) atoms. The Morgan fingerprint density at radius 2 is 1.82 bits per heavy atom. The van der Waals surface area contributed by atoms with Crippen LogP contribution in [-0.4, -0.2) is 56.4 Å². The molecule has 0 bridgehead atoms. The third-order valence-corrected chi connectivity index (χ3v) is 7.45. The van der Waals surface area contributed by atoms with E-state index in [0.717, 1.165) is 76.6 Å². The molecule has 1 unspecified atom stereocenters. The van der Waals surface area contributed by atoms with Crippen LogP contribution < -0.4 is 14.8 Å². The number of benzene rings is 2. The summed E-state index contributed by atoms with van der Waals surface area (Å²) in [5.41, 5.74) is 3.88. The molecule has 1 saturated heterocycles. The minimum Gasteiger partial charge on any atom is -0.490 e. The maximum Gasteiger partial charge on any atom is 0.124 e. The van der Waals surface area contributed by atoms with E-state index in [1.165, 1.54) is 29.5 Å². The Hall–Kier alpha value is -2.08. The van der Waals surface area contributed by atoms with Crippen molar-refractivity contribution in [2.75, 3.05) is 39.4 Å². The fourth-order valence-electron chi connectivity index (χ4n) is 5.43. The van der Waals surface area contributed by atoms with Gasteiger partial charge in [-0.2, -0.15) is 0 Å². The van der Waals surface area contributed by atoms with E-state index >= 15 is 0 Å². The molecule has 5 rings (SSSR count). The topological polar surface area (TPSA) is 43.0 Å². The first-order valence-corrected chi connectivity index (χ1v) is 12.8. The smallest absolute Gasteiger partial charge is 0.124 e. The summed E-state index contributed by atoms with van der Waals surface area (Å²) < 4.78 is 18.2. The molecule has 1 atom stereocenters. The number of morpholine rings is 1. The van der Waals surface area contributed by atoms with Gasteiger partial charge in [-0.25, -0.2) is 0 Å². The third-order valence-electron chi connectivity index (χ3n) is 7.45. The van der Waals surface area contributed by atoms with Crippen LogP contribution in [0.4, 0.5) is 0 Å². The molecule has 2 aromatic carbocycles. The van der Waals surface area contributed by atoms with E-state index in [9.17, 15) is 0 Å². The Morgan fingerprint density at radius 1 is 1.00 bits per heavy atom. The molecule has 0 spiro atoms. The molecule has 2 aliphatic heterocycles. The number of hydrogen-bond acceptors (Lipinski definition) is 5. The number of rotatable bonds is 7. The van der Waals surface area contributed by atoms with Crippen LogP contribution in [0.25, 0.3) is 0 Å². The standard InChI is InChI=1S/C28H38N2O3/c1-21-4-2-3-5-26(21)28-12-6-22-20-25(11-13-27(22)33-28)32-24-9-7-23(8-10-24)29-14-15-30-16-18-31-19-17-30/h2-5,11,13,20,23-24,28-29H,6-10,12,14-19H2,1H3. The van der Waals surface area contributed by atoms with Gasteiger partial charge in [-0.15, -0.1) is 0 Å². The number of ether oxygens (including phenoxy) is 3. The van der Waals surface area contributed by atoms with Crippen LogP contribution in [-0.2, 0) is 11.2 Å². The highest BCUT2D eigenvalue weighted by Gasteiger charge is 2.25. The zero-order valence-electron chi connectivity index (χ0n) is 19.9. The number of nitrogens with zero attached hydrogens (tertiary/aromatic N) is 1. The molecule has 5 heteroatoms. The Balaban J connectivity index is 1.07. The van der Waals surface area contributed by atoms with Crippen LogP contribution >= 0.6 is 0 Å². The zero-order valence-corrected chi connectivity index (χ0v) is 19.9. The molecule has 0 aromatic heterocycles. The molecule has 2 heterocycles. The summed E-state index contributed by atoms with van der Waals surface area (Å²) in [7, 11) is 0. The second-order valence-corrected chi connectivity index (χ2v) is 9.77. The van der Waals surface area contributed by atoms with Gasteiger partial charge in [0, 0.05) is 32.2 Å². The minimum atomic E-state index is 0.150. The molecule has 1 N–H and O–H groups in total. The Kier molecular flexibility index (Phi) is 7.50. The first kappa shape index (κ1) is 22.7. The summed E-state index contributed by atoms with van der Waals surface area (Å²) in [4.78, 5) is 2.49. The van der Waals surface area contributed by atoms with Gasteiger partial charge in [-0.1, -0.05) is 24.3 Å². The van der Waals surface area contributed by atoms with Gasteiger partial charge in [0.2, 0.25) is 0 Å². The van der Waals surface area contributed by atoms with Crippen molar-refractivity contribution in [1.29, 1.82) is 0 Å². The molecule has 1 saturated carbocycles. The zero-order chi connectivity index (χ0) is 22.5. The Morgan fingerprint density at radius 3 is 2.64 bits per heavy atom. The average molecular weight is 451 g/mol. The van der Waals surface area contributed by atoms with E-state index in [2.05, 4.69) is 59.6 Å². The lowest BCUT2D eigenvalue weighted by atomic mass is 9.92. The summed E-state index contributed by atoms with van der Waals surface area (Å²) in [6.07, 6.45) is 7.16. The highest BCUT2D eigenvalue weighted by atomic mass is 16.5. The Bertz CT molecular complexity index is 904. The van der Waals surface area contributed by atoms with Gasteiger partial charge in [0.05, 0.1) is 19.3 Å². The second kappa shape index (κ2) is 10.9. The van der Waals surface area contributed by atoms with E-state index in [4.69, 9.17) is 14.2 Å². The summed E-state index contributed by atoms with van der Waals surface area (Å²) in [5.74, 6) is 2.01. The molecule has 2 aromatic rings. The first-order chi connectivity index (χ1) is 16.2. The number of nitrogens with one attached hydrogen (secondary N) is 1. The Labute approximate surface area is 198 Å². The molecule has 5 nitrogen and oxygen atoms in total. The molecular formula is C28H38N2O3. The van der Waals surface area contributed by atoms with Crippen molar-refractivity contribution >= 4 is 0 Å². The van der Waals surface area contributed by atoms with Gasteiger partial charge < -0.3 is 19.5 Å². The summed E-state index contributed by atoms with van der Waals surface area (Å²) in [6.45, 7) is 8.27. The van der Waals surface area contributed by atoms with Crippen molar-refractivity contribution in [3.8, 4) is 11.5 Å². The number of fused-ring (bicyclic) bond motifs is 1. The van der Waals surface area contributed by atoms with Crippen LogP contribution in [0.3, 0.4) is 0 Å². The number of hydrogen-bond donors (Lipinski definition) is 1. The molecule has 3 aliphatic rings. The predicted molar refractivity (Wildman–Crippen MR) is 131 cm³/mol. The summed E-state index contributed by atoms with van der Waals surface area (Å²) in [6, 6.07) is 15.6. The van der Waals surface area contributed by atoms with E-state index in [0.29, 0.717) is 12.1 Å². The van der Waals surface area contributed by atoms with Crippen molar-refractivity contribution in [3.05, 3.63) is 59.2 Å². The molecular weight excluding hydrogens is 412 g/mol. The average Bonchev–Trinajstić information content (AvgIpc) is 2.86.